The number of nitrogens with zero attached hydrogens (tertiary/aromatic N) is 2. The molecule has 20 heavy (non-hydrogen) atoms. The van der Waals surface area contributed by atoms with Crippen molar-refractivity contribution < 1.29 is 8.42 Å². The van der Waals surface area contributed by atoms with Crippen molar-refractivity contribution >= 4 is 10.0 Å². The Labute approximate surface area is 120 Å². The van der Waals surface area contributed by atoms with Gasteiger partial charge in [0.15, 0.2) is 0 Å². The van der Waals surface area contributed by atoms with Crippen molar-refractivity contribution in [3.63, 3.8) is 0 Å². The van der Waals surface area contributed by atoms with Crippen LogP contribution in [0.3, 0.4) is 0 Å². The highest BCUT2D eigenvalue weighted by Gasteiger charge is 2.37. The summed E-state index contributed by atoms with van der Waals surface area (Å²) in [5, 5.41) is 12.1. The maximum atomic E-state index is 12.6. The summed E-state index contributed by atoms with van der Waals surface area (Å²) in [6.07, 6.45) is 0. The zero-order valence-corrected chi connectivity index (χ0v) is 12.6. The maximum absolute atomic E-state index is 12.6. The molecule has 2 rings (SSSR count). The molecule has 0 radical (unpaired) electrons. The lowest BCUT2D eigenvalue weighted by molar-refractivity contribution is 0.185. The number of piperazine rings is 1. The molecule has 0 aliphatic carbocycles. The first kappa shape index (κ1) is 15.0. The Morgan fingerprint density at radius 1 is 1.45 bits per heavy atom. The lowest BCUT2D eigenvalue weighted by atomic mass is 10.0. The van der Waals surface area contributed by atoms with Gasteiger partial charge < -0.3 is 5.32 Å². The number of rotatable bonds is 3. The van der Waals surface area contributed by atoms with Gasteiger partial charge in [0.25, 0.3) is 0 Å². The number of nitrogens with one attached hydrogen (secondary N) is 1. The molecule has 1 fully saturated rings. The van der Waals surface area contributed by atoms with Gasteiger partial charge in [0.05, 0.1) is 17.4 Å². The summed E-state index contributed by atoms with van der Waals surface area (Å²) in [4.78, 5) is 0. The summed E-state index contributed by atoms with van der Waals surface area (Å²) in [7, 11) is -3.39. The first-order chi connectivity index (χ1) is 9.35. The molecule has 1 aliphatic rings. The van der Waals surface area contributed by atoms with Crippen LogP contribution >= 0.6 is 0 Å². The molecule has 1 heterocycles. The van der Waals surface area contributed by atoms with Crippen molar-refractivity contribution in [3.05, 3.63) is 35.4 Å². The van der Waals surface area contributed by atoms with Crippen molar-refractivity contribution in [2.24, 2.45) is 0 Å². The summed E-state index contributed by atoms with van der Waals surface area (Å²) >= 11 is 0. The quantitative estimate of drug-likeness (QED) is 0.905. The van der Waals surface area contributed by atoms with Gasteiger partial charge >= 0.3 is 0 Å². The molecule has 0 saturated carbocycles. The molecule has 0 atom stereocenters. The molecular formula is C14H19N3O2S. The zero-order chi connectivity index (χ0) is 14.8. The summed E-state index contributed by atoms with van der Waals surface area (Å²) < 4.78 is 26.7. The lowest BCUT2D eigenvalue weighted by Gasteiger charge is -2.41. The Bertz CT molecular complexity index is 632. The Balaban J connectivity index is 2.24. The molecule has 0 spiro atoms. The third-order valence-electron chi connectivity index (χ3n) is 3.47. The lowest BCUT2D eigenvalue weighted by Crippen LogP contribution is -2.59. The number of benzene rings is 1. The second kappa shape index (κ2) is 5.52. The van der Waals surface area contributed by atoms with Crippen LogP contribution in [0.25, 0.3) is 0 Å². The second-order valence-electron chi connectivity index (χ2n) is 5.63. The van der Waals surface area contributed by atoms with Crippen LogP contribution < -0.4 is 5.32 Å². The third kappa shape index (κ3) is 3.18. The summed E-state index contributed by atoms with van der Waals surface area (Å²) in [5.41, 5.74) is 0.708. The van der Waals surface area contributed by atoms with Gasteiger partial charge in [-0.15, -0.1) is 0 Å². The number of hydrogen-bond acceptors (Lipinski definition) is 4. The van der Waals surface area contributed by atoms with Crippen molar-refractivity contribution in [1.82, 2.24) is 9.62 Å². The van der Waals surface area contributed by atoms with Gasteiger partial charge in [0.2, 0.25) is 10.0 Å². The van der Waals surface area contributed by atoms with Gasteiger partial charge in [0, 0.05) is 25.2 Å². The van der Waals surface area contributed by atoms with E-state index in [0.717, 1.165) is 0 Å². The van der Waals surface area contributed by atoms with E-state index >= 15 is 0 Å². The van der Waals surface area contributed by atoms with Gasteiger partial charge in [-0.05, 0) is 31.5 Å². The Morgan fingerprint density at radius 2 is 2.20 bits per heavy atom. The van der Waals surface area contributed by atoms with Crippen molar-refractivity contribution in [2.75, 3.05) is 19.6 Å². The van der Waals surface area contributed by atoms with Crippen LogP contribution in [-0.2, 0) is 15.8 Å². The molecule has 1 aromatic carbocycles. The Kier molecular flexibility index (Phi) is 4.14. The average molecular weight is 293 g/mol. The van der Waals surface area contributed by atoms with E-state index in [9.17, 15) is 8.42 Å². The van der Waals surface area contributed by atoms with E-state index in [1.165, 1.54) is 0 Å². The highest BCUT2D eigenvalue weighted by molar-refractivity contribution is 7.88. The fourth-order valence-electron chi connectivity index (χ4n) is 2.50. The fourth-order valence-corrected chi connectivity index (χ4v) is 4.44. The van der Waals surface area contributed by atoms with Gasteiger partial charge in [-0.1, -0.05) is 12.1 Å². The summed E-state index contributed by atoms with van der Waals surface area (Å²) in [6.45, 7) is 5.63. The van der Waals surface area contributed by atoms with Crippen LogP contribution in [0.1, 0.15) is 25.0 Å². The van der Waals surface area contributed by atoms with Gasteiger partial charge in [-0.2, -0.15) is 9.57 Å². The fraction of sp³-hybridized carbons (Fsp3) is 0.500. The summed E-state index contributed by atoms with van der Waals surface area (Å²) in [5.74, 6) is -0.0635. The number of hydrogen-bond donors (Lipinski definition) is 1. The standard InChI is InChI=1S/C14H19N3O2S/c1-14(2)11-16-6-7-17(14)20(18,19)10-13-5-3-4-12(8-13)9-15/h3-5,8,16H,6-7,10-11H2,1-2H3. The molecule has 0 unspecified atom stereocenters. The first-order valence-corrected chi connectivity index (χ1v) is 8.16. The monoisotopic (exact) mass is 293 g/mol. The van der Waals surface area contributed by atoms with Crippen LogP contribution in [-0.4, -0.2) is 37.9 Å². The minimum atomic E-state index is -3.39. The predicted octanol–water partition coefficient (Wildman–Crippen LogP) is 1.07. The van der Waals surface area contributed by atoms with Gasteiger partial charge in [0.1, 0.15) is 0 Å². The van der Waals surface area contributed by atoms with E-state index in [4.69, 9.17) is 5.26 Å². The molecular weight excluding hydrogens is 274 g/mol. The predicted molar refractivity (Wildman–Crippen MR) is 77.4 cm³/mol. The van der Waals surface area contributed by atoms with Gasteiger partial charge in [-0.3, -0.25) is 0 Å². The van der Waals surface area contributed by atoms with Crippen LogP contribution in [0.15, 0.2) is 24.3 Å². The van der Waals surface area contributed by atoms with Crippen LogP contribution in [0.4, 0.5) is 0 Å². The molecule has 108 valence electrons. The normalized spacial score (nSPS) is 19.4. The minimum Gasteiger partial charge on any atom is -0.314 e. The molecule has 6 heteroatoms. The second-order valence-corrected chi connectivity index (χ2v) is 7.52. The largest absolute Gasteiger partial charge is 0.314 e. The molecule has 0 aromatic heterocycles. The molecule has 1 saturated heterocycles. The maximum Gasteiger partial charge on any atom is 0.218 e. The van der Waals surface area contributed by atoms with Crippen LogP contribution in [0, 0.1) is 11.3 Å². The molecule has 1 aliphatic heterocycles. The number of sulfonamides is 1. The van der Waals surface area contributed by atoms with Crippen LogP contribution in [0.2, 0.25) is 0 Å². The number of nitriles is 1. The minimum absolute atomic E-state index is 0.0635. The van der Waals surface area contributed by atoms with E-state index in [1.54, 1.807) is 28.6 Å². The van der Waals surface area contributed by atoms with Crippen LogP contribution in [0.5, 0.6) is 0 Å². The van der Waals surface area contributed by atoms with E-state index in [1.807, 2.05) is 19.9 Å². The highest BCUT2D eigenvalue weighted by Crippen LogP contribution is 2.23. The Hall–Kier alpha value is -1.42. The molecule has 0 bridgehead atoms. The van der Waals surface area contributed by atoms with E-state index in [-0.39, 0.29) is 5.75 Å². The molecule has 1 N–H and O–H groups in total. The topological polar surface area (TPSA) is 73.2 Å². The molecule has 0 amide bonds. The average Bonchev–Trinajstić information content (AvgIpc) is 2.37. The third-order valence-corrected chi connectivity index (χ3v) is 5.51. The van der Waals surface area contributed by atoms with Gasteiger partial charge in [-0.25, -0.2) is 8.42 Å². The first-order valence-electron chi connectivity index (χ1n) is 6.55. The SMILES string of the molecule is CC1(C)CNCCN1S(=O)(=O)Cc1cccc(C#N)c1. The van der Waals surface area contributed by atoms with Crippen molar-refractivity contribution in [2.45, 2.75) is 25.1 Å². The highest BCUT2D eigenvalue weighted by atomic mass is 32.2. The smallest absolute Gasteiger partial charge is 0.218 e. The van der Waals surface area contributed by atoms with Crippen molar-refractivity contribution in [3.8, 4) is 6.07 Å². The Morgan fingerprint density at radius 3 is 2.85 bits per heavy atom. The molecule has 1 aromatic rings. The summed E-state index contributed by atoms with van der Waals surface area (Å²) in [6, 6.07) is 8.79. The van der Waals surface area contributed by atoms with E-state index in [0.29, 0.717) is 30.8 Å². The van der Waals surface area contributed by atoms with E-state index in [2.05, 4.69) is 5.32 Å². The molecule has 5 nitrogen and oxygen atoms in total. The van der Waals surface area contributed by atoms with Crippen molar-refractivity contribution in [1.29, 1.82) is 5.26 Å². The van der Waals surface area contributed by atoms with E-state index < -0.39 is 15.6 Å². The zero-order valence-electron chi connectivity index (χ0n) is 11.8.